The second-order valence-corrected chi connectivity index (χ2v) is 7.07. The van der Waals surface area contributed by atoms with Crippen molar-refractivity contribution in [2.24, 2.45) is 0 Å². The van der Waals surface area contributed by atoms with Gasteiger partial charge in [-0.1, -0.05) is 36.4 Å². The zero-order chi connectivity index (χ0) is 19.3. The molecule has 2 aromatic heterocycles. The van der Waals surface area contributed by atoms with Crippen LogP contribution in [-0.4, -0.2) is 15.7 Å². The maximum Gasteiger partial charge on any atom is 0.274 e. The van der Waals surface area contributed by atoms with Crippen LogP contribution < -0.4 is 5.32 Å². The van der Waals surface area contributed by atoms with E-state index in [1.54, 1.807) is 34.2 Å². The van der Waals surface area contributed by atoms with E-state index in [-0.39, 0.29) is 5.91 Å². The zero-order valence-corrected chi connectivity index (χ0v) is 15.7. The van der Waals surface area contributed by atoms with Gasteiger partial charge in [-0.05, 0) is 47.3 Å². The van der Waals surface area contributed by atoms with E-state index in [1.807, 2.05) is 60.0 Å². The molecule has 0 fully saturated rings. The molecule has 0 spiro atoms. The van der Waals surface area contributed by atoms with E-state index in [0.29, 0.717) is 17.8 Å². The number of benzene rings is 2. The molecule has 0 aliphatic rings. The first-order chi connectivity index (χ1) is 13.7. The summed E-state index contributed by atoms with van der Waals surface area (Å²) in [5.41, 5.74) is 3.61. The molecule has 28 heavy (non-hydrogen) atoms. The molecule has 2 aromatic carbocycles. The number of aromatic nitrogens is 2. The first kappa shape index (κ1) is 17.7. The Hall–Kier alpha value is -3.69. The Labute approximate surface area is 166 Å². The Morgan fingerprint density at radius 3 is 2.54 bits per heavy atom. The highest BCUT2D eigenvalue weighted by molar-refractivity contribution is 7.13. The van der Waals surface area contributed by atoms with Gasteiger partial charge in [0.1, 0.15) is 11.4 Å². The van der Waals surface area contributed by atoms with Crippen molar-refractivity contribution in [3.8, 4) is 22.3 Å². The fourth-order valence-electron chi connectivity index (χ4n) is 2.85. The second kappa shape index (κ2) is 7.91. The third-order valence-electron chi connectivity index (χ3n) is 4.21. The zero-order valence-electron chi connectivity index (χ0n) is 14.9. The van der Waals surface area contributed by atoms with E-state index < -0.39 is 0 Å². The number of hydrogen-bond acceptors (Lipinski definition) is 4. The predicted molar refractivity (Wildman–Crippen MR) is 111 cm³/mol. The SMILES string of the molecule is N#CCc1ccc(NC(=O)c2cc(-c3cccs3)nn2-c2ccccc2)cc1. The van der Waals surface area contributed by atoms with Crippen LogP contribution in [0.1, 0.15) is 16.1 Å². The van der Waals surface area contributed by atoms with Crippen molar-refractivity contribution < 1.29 is 4.79 Å². The molecule has 0 radical (unpaired) electrons. The van der Waals surface area contributed by atoms with E-state index in [4.69, 9.17) is 5.26 Å². The molecule has 1 N–H and O–H groups in total. The summed E-state index contributed by atoms with van der Waals surface area (Å²) in [5, 5.41) is 18.3. The first-order valence-electron chi connectivity index (χ1n) is 8.71. The smallest absolute Gasteiger partial charge is 0.274 e. The van der Waals surface area contributed by atoms with Crippen LogP contribution in [0.15, 0.2) is 78.2 Å². The van der Waals surface area contributed by atoms with Gasteiger partial charge in [-0.2, -0.15) is 10.4 Å². The van der Waals surface area contributed by atoms with Gasteiger partial charge in [0, 0.05) is 5.69 Å². The van der Waals surface area contributed by atoms with Gasteiger partial charge >= 0.3 is 0 Å². The topological polar surface area (TPSA) is 70.7 Å². The Kier molecular flexibility index (Phi) is 5.00. The van der Waals surface area contributed by atoms with Gasteiger partial charge in [-0.15, -0.1) is 11.3 Å². The lowest BCUT2D eigenvalue weighted by Gasteiger charge is -2.08. The van der Waals surface area contributed by atoms with Crippen molar-refractivity contribution in [3.05, 3.63) is 89.4 Å². The maximum atomic E-state index is 13.0. The fourth-order valence-corrected chi connectivity index (χ4v) is 3.53. The summed E-state index contributed by atoms with van der Waals surface area (Å²) in [7, 11) is 0. The van der Waals surface area contributed by atoms with Crippen LogP contribution >= 0.6 is 11.3 Å². The molecule has 4 rings (SSSR count). The summed E-state index contributed by atoms with van der Waals surface area (Å²) in [6.07, 6.45) is 0.346. The lowest BCUT2D eigenvalue weighted by molar-refractivity contribution is 0.101. The van der Waals surface area contributed by atoms with Crippen LogP contribution in [0, 0.1) is 11.3 Å². The van der Waals surface area contributed by atoms with Gasteiger partial charge in [-0.3, -0.25) is 4.79 Å². The van der Waals surface area contributed by atoms with Gasteiger partial charge in [0.2, 0.25) is 0 Å². The number of hydrogen-bond donors (Lipinski definition) is 1. The van der Waals surface area contributed by atoms with Crippen LogP contribution in [0.3, 0.4) is 0 Å². The molecule has 0 aliphatic carbocycles. The van der Waals surface area contributed by atoms with E-state index in [0.717, 1.165) is 21.8 Å². The van der Waals surface area contributed by atoms with E-state index in [9.17, 15) is 4.79 Å². The molecule has 0 atom stereocenters. The molecule has 0 saturated heterocycles. The number of carbonyl (C=O) groups is 1. The fraction of sp³-hybridized carbons (Fsp3) is 0.0455. The first-order valence-corrected chi connectivity index (χ1v) is 9.59. The van der Waals surface area contributed by atoms with Gasteiger partial charge in [0.15, 0.2) is 0 Å². The van der Waals surface area contributed by atoms with Crippen LogP contribution in [0.25, 0.3) is 16.3 Å². The number of carbonyl (C=O) groups excluding carboxylic acids is 1. The standard InChI is InChI=1S/C22H16N4OS/c23-13-12-16-8-10-17(11-9-16)24-22(27)20-15-19(21-7-4-14-28-21)25-26(20)18-5-2-1-3-6-18/h1-11,14-15H,12H2,(H,24,27). The van der Waals surface area contributed by atoms with Crippen LogP contribution in [0.4, 0.5) is 5.69 Å². The molecule has 4 aromatic rings. The molecular formula is C22H16N4OS. The van der Waals surface area contributed by atoms with Gasteiger partial charge in [0.25, 0.3) is 5.91 Å². The minimum Gasteiger partial charge on any atom is -0.321 e. The number of nitriles is 1. The van der Waals surface area contributed by atoms with Gasteiger partial charge in [0.05, 0.1) is 23.1 Å². The lowest BCUT2D eigenvalue weighted by Crippen LogP contribution is -2.16. The number of rotatable bonds is 5. The molecule has 6 heteroatoms. The molecule has 0 aliphatic heterocycles. The van der Waals surface area contributed by atoms with Crippen LogP contribution in [-0.2, 0) is 6.42 Å². The third kappa shape index (κ3) is 3.70. The van der Waals surface area contributed by atoms with Crippen molar-refractivity contribution in [1.82, 2.24) is 9.78 Å². The maximum absolute atomic E-state index is 13.0. The Morgan fingerprint density at radius 2 is 1.86 bits per heavy atom. The van der Waals surface area contributed by atoms with Gasteiger partial charge < -0.3 is 5.32 Å². The summed E-state index contributed by atoms with van der Waals surface area (Å²) in [6, 6.07) is 24.7. The summed E-state index contributed by atoms with van der Waals surface area (Å²) in [5.74, 6) is -0.243. The summed E-state index contributed by atoms with van der Waals surface area (Å²) in [6.45, 7) is 0. The van der Waals surface area contributed by atoms with E-state index in [1.165, 1.54) is 0 Å². The number of anilines is 1. The van der Waals surface area contributed by atoms with Crippen molar-refractivity contribution in [3.63, 3.8) is 0 Å². The van der Waals surface area contributed by atoms with E-state index >= 15 is 0 Å². The number of nitrogens with zero attached hydrogens (tertiary/aromatic N) is 3. The average Bonchev–Trinajstić information content (AvgIpc) is 3.40. The highest BCUT2D eigenvalue weighted by Crippen LogP contribution is 2.26. The molecular weight excluding hydrogens is 368 g/mol. The minimum atomic E-state index is -0.243. The van der Waals surface area contributed by atoms with E-state index in [2.05, 4.69) is 16.5 Å². The molecule has 136 valence electrons. The third-order valence-corrected chi connectivity index (χ3v) is 5.10. The summed E-state index contributed by atoms with van der Waals surface area (Å²) < 4.78 is 1.66. The molecule has 0 unspecified atom stereocenters. The summed E-state index contributed by atoms with van der Waals surface area (Å²) >= 11 is 1.58. The Morgan fingerprint density at radius 1 is 1.07 bits per heavy atom. The lowest BCUT2D eigenvalue weighted by atomic mass is 10.1. The van der Waals surface area contributed by atoms with Crippen molar-refractivity contribution >= 4 is 22.9 Å². The quantitative estimate of drug-likeness (QED) is 0.531. The van der Waals surface area contributed by atoms with Crippen molar-refractivity contribution in [2.75, 3.05) is 5.32 Å². The normalized spacial score (nSPS) is 10.4. The molecule has 2 heterocycles. The number of nitrogens with one attached hydrogen (secondary N) is 1. The van der Waals surface area contributed by atoms with Crippen LogP contribution in [0.5, 0.6) is 0 Å². The number of amides is 1. The molecule has 1 amide bonds. The highest BCUT2D eigenvalue weighted by Gasteiger charge is 2.18. The molecule has 5 nitrogen and oxygen atoms in total. The Bertz CT molecular complexity index is 1120. The van der Waals surface area contributed by atoms with Crippen molar-refractivity contribution in [2.45, 2.75) is 6.42 Å². The Balaban J connectivity index is 1.67. The number of thiophene rings is 1. The highest BCUT2D eigenvalue weighted by atomic mass is 32.1. The minimum absolute atomic E-state index is 0.243. The summed E-state index contributed by atoms with van der Waals surface area (Å²) in [4.78, 5) is 14.0. The predicted octanol–water partition coefficient (Wildman–Crippen LogP) is 4.92. The van der Waals surface area contributed by atoms with Crippen molar-refractivity contribution in [1.29, 1.82) is 5.26 Å². The molecule has 0 saturated carbocycles. The average molecular weight is 384 g/mol. The number of para-hydroxylation sites is 1. The largest absolute Gasteiger partial charge is 0.321 e. The second-order valence-electron chi connectivity index (χ2n) is 6.13. The van der Waals surface area contributed by atoms with Gasteiger partial charge in [-0.25, -0.2) is 4.68 Å². The molecule has 0 bridgehead atoms. The van der Waals surface area contributed by atoms with Crippen LogP contribution in [0.2, 0.25) is 0 Å². The monoisotopic (exact) mass is 384 g/mol.